The molecule has 1 aliphatic rings. The first-order valence-corrected chi connectivity index (χ1v) is 6.16. The zero-order valence-corrected chi connectivity index (χ0v) is 11.8. The number of aliphatic imine (C=N–C) groups is 2. The maximum absolute atomic E-state index is 9.60. The Labute approximate surface area is 117 Å². The first-order chi connectivity index (χ1) is 9.33. The number of benzene rings is 1. The summed E-state index contributed by atoms with van der Waals surface area (Å²) in [6, 6.07) is 5.12. The molecule has 0 fully saturated rings. The molecule has 0 amide bonds. The molecule has 1 aliphatic heterocycles. The number of rotatable bonds is 3. The molecule has 0 spiro atoms. The normalized spacial score (nSPS) is 17.4. The van der Waals surface area contributed by atoms with Gasteiger partial charge in [-0.3, -0.25) is 0 Å². The maximum atomic E-state index is 9.60. The van der Waals surface area contributed by atoms with Gasteiger partial charge in [0, 0.05) is 6.54 Å². The quantitative estimate of drug-likeness (QED) is 0.748. The molecule has 1 aromatic rings. The first-order valence-electron chi connectivity index (χ1n) is 6.16. The molecular formula is C13H19N5O2. The van der Waals surface area contributed by atoms with Crippen LogP contribution < -0.4 is 16.2 Å². The van der Waals surface area contributed by atoms with Crippen molar-refractivity contribution in [2.24, 2.45) is 21.5 Å². The Hall–Kier alpha value is -2.44. The number of nitrogens with zero attached hydrogens (tertiary/aromatic N) is 3. The fraction of sp³-hybridized carbons (Fsp3) is 0.385. The van der Waals surface area contributed by atoms with Gasteiger partial charge in [0.1, 0.15) is 5.66 Å². The van der Waals surface area contributed by atoms with Gasteiger partial charge in [-0.2, -0.15) is 4.99 Å². The van der Waals surface area contributed by atoms with E-state index in [1.165, 1.54) is 7.11 Å². The summed E-state index contributed by atoms with van der Waals surface area (Å²) in [7, 11) is 1.50. The zero-order valence-electron chi connectivity index (χ0n) is 11.8. The van der Waals surface area contributed by atoms with Crippen LogP contribution in [0.2, 0.25) is 0 Å². The smallest absolute Gasteiger partial charge is 0.220 e. The monoisotopic (exact) mass is 277 g/mol. The number of aromatic hydroxyl groups is 1. The second kappa shape index (κ2) is 4.92. The van der Waals surface area contributed by atoms with E-state index >= 15 is 0 Å². The van der Waals surface area contributed by atoms with Crippen molar-refractivity contribution in [3.05, 3.63) is 23.8 Å². The molecule has 0 aliphatic carbocycles. The third kappa shape index (κ3) is 2.61. The van der Waals surface area contributed by atoms with E-state index in [-0.39, 0.29) is 11.7 Å². The summed E-state index contributed by atoms with van der Waals surface area (Å²) in [5.74, 6) is 0.996. The van der Waals surface area contributed by atoms with E-state index in [4.69, 9.17) is 16.2 Å². The van der Waals surface area contributed by atoms with Crippen LogP contribution in [-0.4, -0.2) is 34.7 Å². The van der Waals surface area contributed by atoms with Gasteiger partial charge in [0.05, 0.1) is 7.11 Å². The lowest BCUT2D eigenvalue weighted by molar-refractivity contribution is 0.210. The lowest BCUT2D eigenvalue weighted by Crippen LogP contribution is -2.53. The number of phenolic OH excluding ortho intramolecular Hbond substituents is 1. The molecule has 0 radical (unpaired) electrons. The number of methoxy groups -OCH3 is 1. The second-order valence-electron chi connectivity index (χ2n) is 5.03. The predicted octanol–water partition coefficient (Wildman–Crippen LogP) is 0.582. The highest BCUT2D eigenvalue weighted by atomic mass is 16.5. The van der Waals surface area contributed by atoms with E-state index in [0.29, 0.717) is 18.3 Å². The molecule has 1 heterocycles. The zero-order chi connectivity index (χ0) is 14.9. The van der Waals surface area contributed by atoms with Gasteiger partial charge < -0.3 is 26.2 Å². The van der Waals surface area contributed by atoms with Crippen LogP contribution in [0.15, 0.2) is 28.2 Å². The molecule has 0 aromatic heterocycles. The van der Waals surface area contributed by atoms with Crippen molar-refractivity contribution in [3.8, 4) is 11.5 Å². The molecule has 0 unspecified atom stereocenters. The van der Waals surface area contributed by atoms with E-state index in [9.17, 15) is 5.11 Å². The Morgan fingerprint density at radius 1 is 1.35 bits per heavy atom. The molecule has 20 heavy (non-hydrogen) atoms. The highest BCUT2D eigenvalue weighted by Crippen LogP contribution is 2.28. The second-order valence-corrected chi connectivity index (χ2v) is 5.03. The van der Waals surface area contributed by atoms with Crippen molar-refractivity contribution in [2.75, 3.05) is 7.11 Å². The van der Waals surface area contributed by atoms with Crippen molar-refractivity contribution >= 4 is 11.9 Å². The largest absolute Gasteiger partial charge is 0.504 e. The summed E-state index contributed by atoms with van der Waals surface area (Å²) < 4.78 is 5.09. The minimum atomic E-state index is -0.582. The van der Waals surface area contributed by atoms with Crippen LogP contribution in [-0.2, 0) is 6.54 Å². The molecule has 0 saturated carbocycles. The fourth-order valence-electron chi connectivity index (χ4n) is 2.10. The highest BCUT2D eigenvalue weighted by molar-refractivity contribution is 5.95. The summed E-state index contributed by atoms with van der Waals surface area (Å²) in [5.41, 5.74) is 11.9. The summed E-state index contributed by atoms with van der Waals surface area (Å²) >= 11 is 0. The summed E-state index contributed by atoms with van der Waals surface area (Å²) in [4.78, 5) is 10.1. The van der Waals surface area contributed by atoms with Gasteiger partial charge in [0.15, 0.2) is 11.5 Å². The SMILES string of the molecule is COc1cc(CN2C(N)=NC(N)=NC2(C)C)ccc1O. The molecule has 0 atom stereocenters. The molecular weight excluding hydrogens is 258 g/mol. The topological polar surface area (TPSA) is 109 Å². The summed E-state index contributed by atoms with van der Waals surface area (Å²) in [6.45, 7) is 4.29. The van der Waals surface area contributed by atoms with Gasteiger partial charge in [0.25, 0.3) is 0 Å². The van der Waals surface area contributed by atoms with Crippen LogP contribution in [0.3, 0.4) is 0 Å². The van der Waals surface area contributed by atoms with Gasteiger partial charge >= 0.3 is 0 Å². The molecule has 7 heteroatoms. The molecule has 0 bridgehead atoms. The minimum absolute atomic E-state index is 0.0954. The minimum Gasteiger partial charge on any atom is -0.504 e. The van der Waals surface area contributed by atoms with Crippen molar-refractivity contribution < 1.29 is 9.84 Å². The number of guanidine groups is 2. The third-order valence-electron chi connectivity index (χ3n) is 3.14. The van der Waals surface area contributed by atoms with Crippen molar-refractivity contribution in [1.82, 2.24) is 4.90 Å². The van der Waals surface area contributed by atoms with Gasteiger partial charge in [-0.1, -0.05) is 6.07 Å². The molecule has 1 aromatic carbocycles. The maximum Gasteiger partial charge on any atom is 0.220 e. The standard InChI is InChI=1S/C13H19N5O2/c1-13(2)17-11(14)16-12(15)18(13)7-8-4-5-9(19)10(6-8)20-3/h4-6,19H,7H2,1-3H3,(H4,14,15,16,17). The van der Waals surface area contributed by atoms with Crippen LogP contribution in [0.4, 0.5) is 0 Å². The van der Waals surface area contributed by atoms with Crippen LogP contribution in [0.5, 0.6) is 11.5 Å². The van der Waals surface area contributed by atoms with Crippen LogP contribution in [0.25, 0.3) is 0 Å². The van der Waals surface area contributed by atoms with Gasteiger partial charge in [-0.15, -0.1) is 0 Å². The van der Waals surface area contributed by atoms with E-state index < -0.39 is 5.66 Å². The number of phenols is 1. The van der Waals surface area contributed by atoms with Crippen molar-refractivity contribution in [2.45, 2.75) is 26.1 Å². The van der Waals surface area contributed by atoms with Crippen LogP contribution in [0, 0.1) is 0 Å². The fourth-order valence-corrected chi connectivity index (χ4v) is 2.10. The van der Waals surface area contributed by atoms with Gasteiger partial charge in [-0.25, -0.2) is 4.99 Å². The van der Waals surface area contributed by atoms with Gasteiger partial charge in [0.2, 0.25) is 11.9 Å². The summed E-state index contributed by atoms with van der Waals surface area (Å²) in [5, 5.41) is 9.60. The number of hydrogen-bond donors (Lipinski definition) is 3. The Morgan fingerprint density at radius 3 is 2.65 bits per heavy atom. The number of hydrogen-bond acceptors (Lipinski definition) is 7. The highest BCUT2D eigenvalue weighted by Gasteiger charge is 2.31. The first kappa shape index (κ1) is 14.0. The van der Waals surface area contributed by atoms with Crippen LogP contribution >= 0.6 is 0 Å². The van der Waals surface area contributed by atoms with Crippen molar-refractivity contribution in [3.63, 3.8) is 0 Å². The molecule has 7 nitrogen and oxygen atoms in total. The molecule has 2 rings (SSSR count). The molecule has 108 valence electrons. The number of ether oxygens (including phenoxy) is 1. The number of nitrogens with two attached hydrogens (primary N) is 2. The van der Waals surface area contributed by atoms with E-state index in [1.807, 2.05) is 18.7 Å². The Morgan fingerprint density at radius 2 is 2.05 bits per heavy atom. The average molecular weight is 277 g/mol. The molecule has 5 N–H and O–H groups in total. The molecule has 0 saturated heterocycles. The third-order valence-corrected chi connectivity index (χ3v) is 3.14. The average Bonchev–Trinajstić information content (AvgIpc) is 2.34. The lowest BCUT2D eigenvalue weighted by atomic mass is 10.1. The predicted molar refractivity (Wildman–Crippen MR) is 77.5 cm³/mol. The Balaban J connectivity index is 2.28. The van der Waals surface area contributed by atoms with E-state index in [2.05, 4.69) is 9.98 Å². The summed E-state index contributed by atoms with van der Waals surface area (Å²) in [6.07, 6.45) is 0. The van der Waals surface area contributed by atoms with Gasteiger partial charge in [-0.05, 0) is 31.5 Å². The van der Waals surface area contributed by atoms with E-state index in [1.54, 1.807) is 18.2 Å². The van der Waals surface area contributed by atoms with E-state index in [0.717, 1.165) is 5.56 Å². The Bertz CT molecular complexity index is 580. The Kier molecular flexibility index (Phi) is 3.44. The van der Waals surface area contributed by atoms with Crippen molar-refractivity contribution in [1.29, 1.82) is 0 Å². The lowest BCUT2D eigenvalue weighted by Gasteiger charge is -2.38. The van der Waals surface area contributed by atoms with Crippen LogP contribution in [0.1, 0.15) is 19.4 Å².